The number of carbonyl (C=O) groups is 1. The van der Waals surface area contributed by atoms with Crippen molar-refractivity contribution in [2.45, 2.75) is 13.3 Å². The Morgan fingerprint density at radius 3 is 2.50 bits per heavy atom. The van der Waals surface area contributed by atoms with Crippen LogP contribution in [-0.4, -0.2) is 5.78 Å². The lowest BCUT2D eigenvalue weighted by Crippen LogP contribution is -2.04. The van der Waals surface area contributed by atoms with Gasteiger partial charge in [0.2, 0.25) is 0 Å². The van der Waals surface area contributed by atoms with Crippen LogP contribution in [0.1, 0.15) is 21.5 Å². The second-order valence-electron chi connectivity index (χ2n) is 4.21. The molecule has 0 heterocycles. The van der Waals surface area contributed by atoms with Gasteiger partial charge < -0.3 is 0 Å². The van der Waals surface area contributed by atoms with Crippen molar-refractivity contribution in [2.75, 3.05) is 0 Å². The zero-order chi connectivity index (χ0) is 13.1. The van der Waals surface area contributed by atoms with E-state index >= 15 is 0 Å². The van der Waals surface area contributed by atoms with E-state index in [0.29, 0.717) is 17.0 Å². The first-order valence-corrected chi connectivity index (χ1v) is 6.77. The fourth-order valence-electron chi connectivity index (χ4n) is 1.70. The predicted octanol–water partition coefficient (Wildman–Crippen LogP) is 4.84. The van der Waals surface area contributed by atoms with Crippen molar-refractivity contribution < 1.29 is 4.79 Å². The molecule has 0 N–H and O–H groups in total. The van der Waals surface area contributed by atoms with Crippen LogP contribution in [0.5, 0.6) is 0 Å². The highest BCUT2D eigenvalue weighted by Gasteiger charge is 2.11. The molecule has 3 heteroatoms. The summed E-state index contributed by atoms with van der Waals surface area (Å²) >= 11 is 9.39. The van der Waals surface area contributed by atoms with Gasteiger partial charge in [0.15, 0.2) is 5.78 Å². The van der Waals surface area contributed by atoms with Crippen molar-refractivity contribution in [3.63, 3.8) is 0 Å². The van der Waals surface area contributed by atoms with Crippen LogP contribution in [-0.2, 0) is 6.42 Å². The third-order valence-electron chi connectivity index (χ3n) is 2.71. The summed E-state index contributed by atoms with van der Waals surface area (Å²) < 4.78 is 0.860. The van der Waals surface area contributed by atoms with Crippen LogP contribution in [0.25, 0.3) is 0 Å². The van der Waals surface area contributed by atoms with E-state index in [4.69, 9.17) is 11.6 Å². The number of hydrogen-bond donors (Lipinski definition) is 0. The molecule has 2 aromatic carbocycles. The van der Waals surface area contributed by atoms with Gasteiger partial charge >= 0.3 is 0 Å². The first-order chi connectivity index (χ1) is 8.56. The Bertz CT molecular complexity index is 576. The Labute approximate surface area is 120 Å². The van der Waals surface area contributed by atoms with Gasteiger partial charge in [-0.2, -0.15) is 0 Å². The van der Waals surface area contributed by atoms with Gasteiger partial charge in [-0.25, -0.2) is 0 Å². The number of halogens is 2. The summed E-state index contributed by atoms with van der Waals surface area (Å²) in [5, 5.41) is 0.496. The molecule has 18 heavy (non-hydrogen) atoms. The maximum absolute atomic E-state index is 12.2. The lowest BCUT2D eigenvalue weighted by Gasteiger charge is -2.05. The lowest BCUT2D eigenvalue weighted by molar-refractivity contribution is 0.0993. The summed E-state index contributed by atoms with van der Waals surface area (Å²) in [4.78, 5) is 12.2. The van der Waals surface area contributed by atoms with Crippen LogP contribution in [0.15, 0.2) is 46.9 Å². The van der Waals surface area contributed by atoms with Crippen LogP contribution in [0.2, 0.25) is 5.02 Å². The number of ketones is 1. The minimum Gasteiger partial charge on any atom is -0.294 e. The molecule has 0 spiro atoms. The van der Waals surface area contributed by atoms with Gasteiger partial charge in [-0.15, -0.1) is 0 Å². The molecule has 0 amide bonds. The highest BCUT2D eigenvalue weighted by Crippen LogP contribution is 2.22. The molecule has 2 rings (SSSR count). The topological polar surface area (TPSA) is 17.1 Å². The summed E-state index contributed by atoms with van der Waals surface area (Å²) in [6.45, 7) is 2.02. The van der Waals surface area contributed by atoms with Crippen LogP contribution in [0, 0.1) is 6.92 Å². The SMILES string of the molecule is Cc1ccc(CC(=O)c2cc(Br)ccc2Cl)cc1. The van der Waals surface area contributed by atoms with E-state index in [0.717, 1.165) is 10.0 Å². The number of hydrogen-bond acceptors (Lipinski definition) is 1. The van der Waals surface area contributed by atoms with Crippen LogP contribution < -0.4 is 0 Å². The van der Waals surface area contributed by atoms with Crippen molar-refractivity contribution in [3.8, 4) is 0 Å². The van der Waals surface area contributed by atoms with Gasteiger partial charge in [-0.1, -0.05) is 57.4 Å². The van der Waals surface area contributed by atoms with Crippen molar-refractivity contribution in [1.82, 2.24) is 0 Å². The Morgan fingerprint density at radius 2 is 1.83 bits per heavy atom. The summed E-state index contributed by atoms with van der Waals surface area (Å²) in [7, 11) is 0. The second-order valence-corrected chi connectivity index (χ2v) is 5.53. The molecular weight excluding hydrogens is 312 g/mol. The van der Waals surface area contributed by atoms with E-state index in [1.165, 1.54) is 5.56 Å². The minimum atomic E-state index is 0.0325. The Morgan fingerprint density at radius 1 is 1.17 bits per heavy atom. The third kappa shape index (κ3) is 3.21. The maximum atomic E-state index is 12.2. The van der Waals surface area contributed by atoms with Crippen molar-refractivity contribution in [1.29, 1.82) is 0 Å². The van der Waals surface area contributed by atoms with Gasteiger partial charge in [-0.05, 0) is 30.7 Å². The summed E-state index contributed by atoms with van der Waals surface area (Å²) in [6.07, 6.45) is 0.371. The van der Waals surface area contributed by atoms with Crippen LogP contribution >= 0.6 is 27.5 Å². The van der Waals surface area contributed by atoms with E-state index < -0.39 is 0 Å². The van der Waals surface area contributed by atoms with Gasteiger partial charge in [0, 0.05) is 16.5 Å². The normalized spacial score (nSPS) is 10.4. The number of rotatable bonds is 3. The van der Waals surface area contributed by atoms with E-state index in [2.05, 4.69) is 15.9 Å². The smallest absolute Gasteiger partial charge is 0.168 e. The molecule has 0 unspecified atom stereocenters. The molecule has 0 radical (unpaired) electrons. The minimum absolute atomic E-state index is 0.0325. The van der Waals surface area contributed by atoms with Gasteiger partial charge in [0.25, 0.3) is 0 Å². The molecule has 0 atom stereocenters. The Kier molecular flexibility index (Phi) is 4.20. The van der Waals surface area contributed by atoms with E-state index in [9.17, 15) is 4.79 Å². The Balaban J connectivity index is 2.21. The fraction of sp³-hybridized carbons (Fsp3) is 0.133. The molecule has 92 valence electrons. The molecule has 0 fully saturated rings. The second kappa shape index (κ2) is 5.68. The molecule has 0 aromatic heterocycles. The molecule has 0 aliphatic rings. The number of Topliss-reactive ketones (excluding diaryl/α,β-unsaturated/α-hetero) is 1. The van der Waals surface area contributed by atoms with Crippen LogP contribution in [0.3, 0.4) is 0 Å². The van der Waals surface area contributed by atoms with E-state index in [1.54, 1.807) is 12.1 Å². The van der Waals surface area contributed by atoms with Gasteiger partial charge in [0.05, 0.1) is 5.02 Å². The fourth-order valence-corrected chi connectivity index (χ4v) is 2.28. The molecule has 0 aliphatic heterocycles. The summed E-state index contributed by atoms with van der Waals surface area (Å²) in [5.74, 6) is 0.0325. The van der Waals surface area contributed by atoms with Crippen molar-refractivity contribution >= 4 is 33.3 Å². The largest absolute Gasteiger partial charge is 0.294 e. The highest BCUT2D eigenvalue weighted by atomic mass is 79.9. The van der Waals surface area contributed by atoms with Crippen molar-refractivity contribution in [3.05, 3.63) is 68.7 Å². The van der Waals surface area contributed by atoms with Crippen molar-refractivity contribution in [2.24, 2.45) is 0 Å². The molecule has 0 bridgehead atoms. The van der Waals surface area contributed by atoms with E-state index in [1.807, 2.05) is 37.3 Å². The number of benzene rings is 2. The zero-order valence-corrected chi connectivity index (χ0v) is 12.3. The molecule has 0 saturated carbocycles. The quantitative estimate of drug-likeness (QED) is 0.739. The summed E-state index contributed by atoms with van der Waals surface area (Å²) in [6, 6.07) is 13.3. The van der Waals surface area contributed by atoms with Gasteiger partial charge in [-0.3, -0.25) is 4.79 Å². The summed E-state index contributed by atoms with van der Waals surface area (Å²) in [5.41, 5.74) is 2.75. The first-order valence-electron chi connectivity index (χ1n) is 5.60. The van der Waals surface area contributed by atoms with Crippen LogP contribution in [0.4, 0.5) is 0 Å². The lowest BCUT2D eigenvalue weighted by atomic mass is 10.0. The molecule has 1 nitrogen and oxygen atoms in total. The highest BCUT2D eigenvalue weighted by molar-refractivity contribution is 9.10. The standard InChI is InChI=1S/C15H12BrClO/c1-10-2-4-11(5-3-10)8-15(18)13-9-12(16)6-7-14(13)17/h2-7,9H,8H2,1H3. The number of aryl methyl sites for hydroxylation is 1. The molecule has 0 saturated heterocycles. The molecular formula is C15H12BrClO. The predicted molar refractivity (Wildman–Crippen MR) is 78.4 cm³/mol. The maximum Gasteiger partial charge on any atom is 0.168 e. The average molecular weight is 324 g/mol. The van der Waals surface area contributed by atoms with Gasteiger partial charge in [0.1, 0.15) is 0 Å². The average Bonchev–Trinajstić information content (AvgIpc) is 2.35. The molecule has 2 aromatic rings. The van der Waals surface area contributed by atoms with E-state index in [-0.39, 0.29) is 5.78 Å². The zero-order valence-electron chi connectivity index (χ0n) is 9.91. The first kappa shape index (κ1) is 13.3. The molecule has 0 aliphatic carbocycles. The third-order valence-corrected chi connectivity index (χ3v) is 3.54. The Hall–Kier alpha value is -1.12. The number of carbonyl (C=O) groups excluding carboxylic acids is 1. The monoisotopic (exact) mass is 322 g/mol.